The van der Waals surface area contributed by atoms with Crippen molar-refractivity contribution in [1.29, 1.82) is 0 Å². The maximum Gasteiger partial charge on any atom is 0.213 e. The Balaban J connectivity index is 0.00000242. The van der Waals surface area contributed by atoms with Gasteiger partial charge < -0.3 is 10.2 Å². The number of nitrogens with one attached hydrogen (secondary N) is 1. The zero-order valence-electron chi connectivity index (χ0n) is 11.7. The summed E-state index contributed by atoms with van der Waals surface area (Å²) in [7, 11) is 0. The van der Waals surface area contributed by atoms with Crippen molar-refractivity contribution in [2.75, 3.05) is 0 Å². The minimum Gasteiger partial charge on any atom is -0.507 e. The van der Waals surface area contributed by atoms with Crippen LogP contribution in [0.4, 0.5) is 0 Å². The number of phenolic OH excluding ortho intramolecular Hbond substituents is 2. The number of hydrazone groups is 1. The van der Waals surface area contributed by atoms with E-state index < -0.39 is 0 Å². The standard InChI is InChI=1S/C15H13N3O2S.Zn/c19-13-7-3-1-5-11(13)9-16-15(21)18-17-10-12-6-2-4-8-14(12)20;/h1-10,19-20H,(H,18,21);/b16-9+,17-10+;. The van der Waals surface area contributed by atoms with E-state index in [2.05, 4.69) is 15.5 Å². The van der Waals surface area contributed by atoms with E-state index in [-0.39, 0.29) is 36.1 Å². The smallest absolute Gasteiger partial charge is 0.213 e. The average molecular weight is 365 g/mol. The zero-order valence-corrected chi connectivity index (χ0v) is 15.5. The zero-order chi connectivity index (χ0) is 15.1. The number of para-hydroxylation sites is 2. The van der Waals surface area contributed by atoms with Crippen LogP contribution in [0.15, 0.2) is 58.6 Å². The largest absolute Gasteiger partial charge is 0.507 e. The monoisotopic (exact) mass is 363 g/mol. The summed E-state index contributed by atoms with van der Waals surface area (Å²) in [5.41, 5.74) is 3.69. The van der Waals surface area contributed by atoms with E-state index in [9.17, 15) is 10.2 Å². The van der Waals surface area contributed by atoms with Gasteiger partial charge in [0.1, 0.15) is 11.5 Å². The predicted molar refractivity (Wildman–Crippen MR) is 87.1 cm³/mol. The predicted octanol–water partition coefficient (Wildman–Crippen LogP) is 2.42. The fourth-order valence-electron chi connectivity index (χ4n) is 1.51. The van der Waals surface area contributed by atoms with Gasteiger partial charge >= 0.3 is 0 Å². The minimum atomic E-state index is 0. The molecule has 0 bridgehead atoms. The number of phenols is 2. The second-order valence-corrected chi connectivity index (χ2v) is 4.44. The first-order valence-corrected chi connectivity index (χ1v) is 6.51. The van der Waals surface area contributed by atoms with Crippen molar-refractivity contribution < 1.29 is 29.7 Å². The molecule has 3 N–H and O–H groups in total. The molecule has 0 aromatic heterocycles. The number of thiocarbonyl (C=S) groups is 1. The third-order valence-electron chi connectivity index (χ3n) is 2.56. The van der Waals surface area contributed by atoms with Gasteiger partial charge in [-0.1, -0.05) is 24.3 Å². The van der Waals surface area contributed by atoms with Crippen LogP contribution >= 0.6 is 12.2 Å². The number of aliphatic imine (C=N–C) groups is 1. The van der Waals surface area contributed by atoms with E-state index in [1.54, 1.807) is 48.5 Å². The topological polar surface area (TPSA) is 77.2 Å². The van der Waals surface area contributed by atoms with Crippen molar-refractivity contribution in [2.24, 2.45) is 10.1 Å². The van der Waals surface area contributed by atoms with Crippen LogP contribution in [-0.4, -0.2) is 27.8 Å². The Morgan fingerprint density at radius 3 is 1.95 bits per heavy atom. The summed E-state index contributed by atoms with van der Waals surface area (Å²) in [5, 5.41) is 23.1. The van der Waals surface area contributed by atoms with E-state index in [4.69, 9.17) is 12.2 Å². The van der Waals surface area contributed by atoms with E-state index in [0.29, 0.717) is 11.1 Å². The first-order chi connectivity index (χ1) is 10.2. The summed E-state index contributed by atoms with van der Waals surface area (Å²) in [6, 6.07) is 13.6. The van der Waals surface area contributed by atoms with Crippen LogP contribution in [0.5, 0.6) is 11.5 Å². The number of hydrogen-bond acceptors (Lipinski definition) is 4. The van der Waals surface area contributed by atoms with Crippen molar-refractivity contribution in [2.45, 2.75) is 0 Å². The molecule has 2 aromatic rings. The third-order valence-corrected chi connectivity index (χ3v) is 2.75. The van der Waals surface area contributed by atoms with Gasteiger partial charge in [0.25, 0.3) is 0 Å². The number of nitrogens with zero attached hydrogens (tertiary/aromatic N) is 2. The summed E-state index contributed by atoms with van der Waals surface area (Å²) in [4.78, 5) is 3.97. The molecule has 0 spiro atoms. The molecule has 5 nitrogen and oxygen atoms in total. The molecule has 0 saturated carbocycles. The molecule has 0 unspecified atom stereocenters. The van der Waals surface area contributed by atoms with Crippen molar-refractivity contribution in [3.8, 4) is 11.5 Å². The molecule has 22 heavy (non-hydrogen) atoms. The summed E-state index contributed by atoms with van der Waals surface area (Å²) >= 11 is 4.98. The van der Waals surface area contributed by atoms with Crippen LogP contribution in [0, 0.1) is 0 Å². The minimum absolute atomic E-state index is 0. The van der Waals surface area contributed by atoms with Gasteiger partial charge in [0.15, 0.2) is 0 Å². The van der Waals surface area contributed by atoms with Crippen molar-refractivity contribution in [3.05, 3.63) is 59.7 Å². The molecule has 0 heterocycles. The van der Waals surface area contributed by atoms with Crippen molar-refractivity contribution in [1.82, 2.24) is 5.43 Å². The first-order valence-electron chi connectivity index (χ1n) is 6.10. The molecule has 0 amide bonds. The van der Waals surface area contributed by atoms with E-state index in [1.807, 2.05) is 0 Å². The Labute approximate surface area is 146 Å². The van der Waals surface area contributed by atoms with Gasteiger partial charge in [-0.2, -0.15) is 5.10 Å². The van der Waals surface area contributed by atoms with Crippen molar-refractivity contribution >= 4 is 29.8 Å². The Morgan fingerprint density at radius 1 is 0.909 bits per heavy atom. The molecular weight excluding hydrogens is 352 g/mol. The van der Waals surface area contributed by atoms with Gasteiger partial charge in [-0.15, -0.1) is 0 Å². The van der Waals surface area contributed by atoms with Crippen LogP contribution in [0.2, 0.25) is 0 Å². The van der Waals surface area contributed by atoms with Gasteiger partial charge in [0.05, 0.1) is 6.21 Å². The van der Waals surface area contributed by atoms with Gasteiger partial charge in [-0.25, -0.2) is 4.99 Å². The quantitative estimate of drug-likeness (QED) is 0.338. The molecule has 2 aromatic carbocycles. The molecule has 0 aliphatic carbocycles. The summed E-state index contributed by atoms with van der Waals surface area (Å²) in [6.07, 6.45) is 2.89. The Bertz CT molecular complexity index is 705. The van der Waals surface area contributed by atoms with Gasteiger partial charge in [-0.05, 0) is 36.5 Å². The molecule has 0 radical (unpaired) electrons. The van der Waals surface area contributed by atoms with E-state index in [0.717, 1.165) is 0 Å². The molecule has 0 aliphatic heterocycles. The SMILES string of the molecule is Oc1ccccc1/C=N/NC(=S)/N=C/c1ccccc1O.[Zn]. The van der Waals surface area contributed by atoms with Crippen LogP contribution in [0.25, 0.3) is 0 Å². The normalized spacial score (nSPS) is 10.5. The maximum atomic E-state index is 9.57. The molecular formula is C15H13N3O2SZn. The van der Waals surface area contributed by atoms with Crippen LogP contribution in [-0.2, 0) is 19.5 Å². The van der Waals surface area contributed by atoms with Crippen LogP contribution in [0.1, 0.15) is 11.1 Å². The average Bonchev–Trinajstić information content (AvgIpc) is 2.48. The van der Waals surface area contributed by atoms with E-state index >= 15 is 0 Å². The van der Waals surface area contributed by atoms with Crippen molar-refractivity contribution in [3.63, 3.8) is 0 Å². The van der Waals surface area contributed by atoms with E-state index in [1.165, 1.54) is 12.4 Å². The Morgan fingerprint density at radius 2 is 1.41 bits per heavy atom. The summed E-state index contributed by atoms with van der Waals surface area (Å²) in [6.45, 7) is 0. The third kappa shape index (κ3) is 5.35. The van der Waals surface area contributed by atoms with Gasteiger partial charge in [0.2, 0.25) is 5.11 Å². The molecule has 7 heteroatoms. The molecule has 0 aliphatic rings. The van der Waals surface area contributed by atoms with Gasteiger partial charge in [0, 0.05) is 36.8 Å². The molecule has 0 saturated heterocycles. The first kappa shape index (κ1) is 17.9. The second kappa shape index (κ2) is 9.02. The Kier molecular flexibility index (Phi) is 7.36. The molecule has 108 valence electrons. The fourth-order valence-corrected chi connectivity index (χ4v) is 1.61. The molecule has 2 rings (SSSR count). The number of hydrogen-bond donors (Lipinski definition) is 3. The second-order valence-electron chi connectivity index (χ2n) is 4.05. The van der Waals surface area contributed by atoms with Gasteiger partial charge in [-0.3, -0.25) is 5.43 Å². The fraction of sp³-hybridized carbons (Fsp3) is 0. The summed E-state index contributed by atoms with van der Waals surface area (Å²) < 4.78 is 0. The number of rotatable bonds is 3. The number of aromatic hydroxyl groups is 2. The molecule has 0 atom stereocenters. The maximum absolute atomic E-state index is 9.57. The number of benzene rings is 2. The molecule has 0 fully saturated rings. The Hall–Kier alpha value is -2.11. The van der Waals surface area contributed by atoms with Crippen LogP contribution < -0.4 is 5.43 Å². The summed E-state index contributed by atoms with van der Waals surface area (Å²) in [5.74, 6) is 0.258. The van der Waals surface area contributed by atoms with Crippen LogP contribution in [0.3, 0.4) is 0 Å².